The molecule has 2 N–H and O–H groups in total. The predicted octanol–water partition coefficient (Wildman–Crippen LogP) is 1.26. The van der Waals surface area contributed by atoms with E-state index in [0.717, 1.165) is 17.2 Å². The van der Waals surface area contributed by atoms with Crippen molar-refractivity contribution in [1.82, 2.24) is 10.1 Å². The molecule has 0 aromatic carbocycles. The van der Waals surface area contributed by atoms with Crippen LogP contribution in [0.25, 0.3) is 0 Å². The Morgan fingerprint density at radius 1 is 1.14 bits per heavy atom. The van der Waals surface area contributed by atoms with Gasteiger partial charge in [0, 0.05) is 5.57 Å². The number of aliphatic carboxylic acids is 1. The molecule has 0 aromatic rings. The van der Waals surface area contributed by atoms with Gasteiger partial charge in [0.2, 0.25) is 0 Å². The standard InChI is InChI=1S/C14H17N2O5/c1-13(2)14(3,4)16(21)11(15(13)20)8-5-6-10(17)9(7-8)12(18)19/h5-7,20H,1-4H3,(H,18,19)/b11-8+. The van der Waals surface area contributed by atoms with Crippen molar-refractivity contribution in [2.75, 3.05) is 0 Å². The zero-order valence-electron chi connectivity index (χ0n) is 12.2. The average Bonchev–Trinajstić information content (AvgIpc) is 2.49. The van der Waals surface area contributed by atoms with Crippen LogP contribution in [0.4, 0.5) is 0 Å². The summed E-state index contributed by atoms with van der Waals surface area (Å²) < 4.78 is 0. The van der Waals surface area contributed by atoms with Crippen molar-refractivity contribution in [3.8, 4) is 0 Å². The molecule has 113 valence electrons. The van der Waals surface area contributed by atoms with E-state index in [1.54, 1.807) is 27.7 Å². The second kappa shape index (κ2) is 4.44. The van der Waals surface area contributed by atoms with Crippen molar-refractivity contribution in [2.24, 2.45) is 0 Å². The number of carbonyl (C=O) groups is 2. The highest BCUT2D eigenvalue weighted by atomic mass is 16.6. The molecule has 0 atom stereocenters. The molecule has 0 unspecified atom stereocenters. The van der Waals surface area contributed by atoms with Crippen molar-refractivity contribution < 1.29 is 25.1 Å². The highest BCUT2D eigenvalue weighted by Crippen LogP contribution is 2.44. The minimum atomic E-state index is -1.37. The van der Waals surface area contributed by atoms with Crippen LogP contribution < -0.4 is 0 Å². The van der Waals surface area contributed by atoms with Gasteiger partial charge in [-0.3, -0.25) is 10.0 Å². The summed E-state index contributed by atoms with van der Waals surface area (Å²) in [5, 5.41) is 33.2. The van der Waals surface area contributed by atoms with Gasteiger partial charge in [-0.15, -0.1) is 0 Å². The zero-order chi connectivity index (χ0) is 16.2. The number of carboxylic acids is 1. The van der Waals surface area contributed by atoms with E-state index in [9.17, 15) is 20.0 Å². The molecule has 21 heavy (non-hydrogen) atoms. The number of allylic oxidation sites excluding steroid dienone is 4. The summed E-state index contributed by atoms with van der Waals surface area (Å²) in [6.07, 6.45) is 3.51. The summed E-state index contributed by atoms with van der Waals surface area (Å²) in [6, 6.07) is 0. The van der Waals surface area contributed by atoms with Crippen molar-refractivity contribution in [3.63, 3.8) is 0 Å². The Morgan fingerprint density at radius 3 is 2.14 bits per heavy atom. The Hall–Kier alpha value is -2.12. The fraction of sp³-hybridized carbons (Fsp3) is 0.429. The molecular weight excluding hydrogens is 276 g/mol. The summed E-state index contributed by atoms with van der Waals surface area (Å²) in [7, 11) is 0. The molecule has 2 rings (SSSR count). The van der Waals surface area contributed by atoms with Crippen molar-refractivity contribution in [1.29, 1.82) is 0 Å². The number of carboxylic acid groups (broad SMARTS) is 1. The number of nitrogens with zero attached hydrogens (tertiary/aromatic N) is 2. The van der Waals surface area contributed by atoms with Gasteiger partial charge >= 0.3 is 5.97 Å². The molecule has 1 aliphatic carbocycles. The average molecular weight is 293 g/mol. The second-order valence-corrected chi connectivity index (χ2v) is 6.06. The van der Waals surface area contributed by atoms with Crippen LogP contribution in [-0.4, -0.2) is 43.3 Å². The minimum Gasteiger partial charge on any atom is -0.478 e. The molecule has 0 spiro atoms. The van der Waals surface area contributed by atoms with E-state index in [1.165, 1.54) is 6.08 Å². The summed E-state index contributed by atoms with van der Waals surface area (Å²) in [5.41, 5.74) is -2.08. The summed E-state index contributed by atoms with van der Waals surface area (Å²) >= 11 is 0. The first-order valence-electron chi connectivity index (χ1n) is 6.40. The first kappa shape index (κ1) is 15.3. The molecule has 1 heterocycles. The molecule has 1 saturated heterocycles. The third-order valence-corrected chi connectivity index (χ3v) is 4.40. The van der Waals surface area contributed by atoms with E-state index < -0.39 is 28.4 Å². The molecule has 0 bridgehead atoms. The lowest BCUT2D eigenvalue weighted by Gasteiger charge is -2.36. The number of rotatable bonds is 1. The molecule has 1 radical (unpaired) electrons. The second-order valence-electron chi connectivity index (χ2n) is 6.06. The maximum Gasteiger partial charge on any atom is 0.339 e. The maximum absolute atomic E-state index is 12.5. The Labute approximate surface area is 122 Å². The van der Waals surface area contributed by atoms with Crippen molar-refractivity contribution in [2.45, 2.75) is 38.8 Å². The van der Waals surface area contributed by atoms with E-state index in [0.29, 0.717) is 5.06 Å². The van der Waals surface area contributed by atoms with Crippen molar-refractivity contribution in [3.05, 3.63) is 35.2 Å². The van der Waals surface area contributed by atoms with Crippen LogP contribution in [0.1, 0.15) is 27.7 Å². The first-order valence-corrected chi connectivity index (χ1v) is 6.40. The molecule has 7 nitrogen and oxygen atoms in total. The van der Waals surface area contributed by atoms with Gasteiger partial charge in [0.15, 0.2) is 11.6 Å². The number of hydrogen-bond acceptors (Lipinski definition) is 5. The first-order chi connectivity index (χ1) is 9.51. The number of carbonyl (C=O) groups excluding carboxylic acids is 1. The van der Waals surface area contributed by atoms with Gasteiger partial charge in [-0.2, -0.15) is 5.06 Å². The van der Waals surface area contributed by atoms with E-state index in [-0.39, 0.29) is 11.4 Å². The van der Waals surface area contributed by atoms with Gasteiger partial charge in [0.25, 0.3) is 0 Å². The molecule has 1 aliphatic heterocycles. The fourth-order valence-corrected chi connectivity index (χ4v) is 2.20. The molecule has 7 heteroatoms. The summed E-state index contributed by atoms with van der Waals surface area (Å²) in [4.78, 5) is 22.5. The van der Waals surface area contributed by atoms with Gasteiger partial charge in [-0.1, -0.05) is 5.21 Å². The minimum absolute atomic E-state index is 0.0764. The molecule has 0 amide bonds. The van der Waals surface area contributed by atoms with Gasteiger partial charge in [-0.05, 0) is 45.9 Å². The monoisotopic (exact) mass is 293 g/mol. The number of hydrogen-bond donors (Lipinski definition) is 2. The third kappa shape index (κ3) is 1.97. The molecule has 0 saturated carbocycles. The van der Waals surface area contributed by atoms with E-state index >= 15 is 0 Å². The van der Waals surface area contributed by atoms with Crippen LogP contribution in [0.3, 0.4) is 0 Å². The lowest BCUT2D eigenvalue weighted by atomic mass is 9.84. The summed E-state index contributed by atoms with van der Waals surface area (Å²) in [5.74, 6) is -2.10. The van der Waals surface area contributed by atoms with Crippen LogP contribution in [0, 0.1) is 0 Å². The Balaban J connectivity index is 2.62. The van der Waals surface area contributed by atoms with E-state index in [2.05, 4.69) is 0 Å². The predicted molar refractivity (Wildman–Crippen MR) is 71.2 cm³/mol. The lowest BCUT2D eigenvalue weighted by molar-refractivity contribution is -0.181. The van der Waals surface area contributed by atoms with Gasteiger partial charge in [0.05, 0.1) is 11.1 Å². The van der Waals surface area contributed by atoms with Crippen LogP contribution in [0.2, 0.25) is 0 Å². The molecular formula is C14H17N2O5. The highest BCUT2D eigenvalue weighted by molar-refractivity contribution is 6.22. The third-order valence-electron chi connectivity index (χ3n) is 4.40. The Bertz CT molecular complexity index is 591. The van der Waals surface area contributed by atoms with Crippen molar-refractivity contribution >= 4 is 11.8 Å². The van der Waals surface area contributed by atoms with Gasteiger partial charge in [0.1, 0.15) is 5.57 Å². The maximum atomic E-state index is 12.5. The topological polar surface area (TPSA) is 101 Å². The molecule has 1 fully saturated rings. The van der Waals surface area contributed by atoms with Crippen LogP contribution in [0.5, 0.6) is 0 Å². The normalized spacial score (nSPS) is 27.1. The van der Waals surface area contributed by atoms with Crippen LogP contribution >= 0.6 is 0 Å². The Morgan fingerprint density at radius 2 is 1.71 bits per heavy atom. The van der Waals surface area contributed by atoms with E-state index in [4.69, 9.17) is 5.11 Å². The lowest BCUT2D eigenvalue weighted by Crippen LogP contribution is -2.52. The summed E-state index contributed by atoms with van der Waals surface area (Å²) in [6.45, 7) is 6.75. The smallest absolute Gasteiger partial charge is 0.339 e. The van der Waals surface area contributed by atoms with Gasteiger partial charge < -0.3 is 5.11 Å². The van der Waals surface area contributed by atoms with E-state index in [1.807, 2.05) is 0 Å². The SMILES string of the molecule is CC1(C)N([O])/C(=C2\C=CC(=O)C(C(=O)O)=C2)N(O)C1(C)C. The quantitative estimate of drug-likeness (QED) is 0.706. The van der Waals surface area contributed by atoms with Crippen LogP contribution in [-0.2, 0) is 14.8 Å². The zero-order valence-corrected chi connectivity index (χ0v) is 12.2. The number of hydroxylamine groups is 4. The number of ketones is 1. The highest BCUT2D eigenvalue weighted by Gasteiger charge is 2.56. The Kier molecular flexibility index (Phi) is 3.23. The van der Waals surface area contributed by atoms with Gasteiger partial charge in [-0.25, -0.2) is 9.86 Å². The molecule has 2 aliphatic rings. The fourth-order valence-electron chi connectivity index (χ4n) is 2.20. The van der Waals surface area contributed by atoms with Crippen LogP contribution in [0.15, 0.2) is 35.2 Å². The molecule has 0 aromatic heterocycles. The largest absolute Gasteiger partial charge is 0.478 e.